The Morgan fingerprint density at radius 3 is 2.08 bits per heavy atom. The molecule has 6 heteroatoms. The van der Waals surface area contributed by atoms with Crippen LogP contribution in [0.3, 0.4) is 0 Å². The highest BCUT2D eigenvalue weighted by Gasteiger charge is 2.46. The predicted molar refractivity (Wildman–Crippen MR) is 147 cm³/mol. The van der Waals surface area contributed by atoms with E-state index in [2.05, 4.69) is 58.1 Å². The van der Waals surface area contributed by atoms with Gasteiger partial charge in [0, 0.05) is 0 Å². The number of benzene rings is 2. The van der Waals surface area contributed by atoms with Crippen LogP contribution in [-0.4, -0.2) is 45.6 Å². The molecular formula is C30H44O5Si. The fourth-order valence-electron chi connectivity index (χ4n) is 3.78. The van der Waals surface area contributed by atoms with E-state index in [-0.39, 0.29) is 23.4 Å². The number of hydrogen-bond donors (Lipinski definition) is 0. The van der Waals surface area contributed by atoms with Gasteiger partial charge < -0.3 is 23.4 Å². The zero-order chi connectivity index (χ0) is 26.2. The molecule has 198 valence electrons. The van der Waals surface area contributed by atoms with Crippen molar-refractivity contribution in [2.24, 2.45) is 0 Å². The molecule has 5 nitrogen and oxygen atoms in total. The van der Waals surface area contributed by atoms with E-state index in [1.165, 1.54) is 0 Å². The Hall–Kier alpha value is -1.80. The van der Waals surface area contributed by atoms with E-state index in [0.29, 0.717) is 26.4 Å². The maximum Gasteiger partial charge on any atom is 0.192 e. The predicted octanol–water partition coefficient (Wildman–Crippen LogP) is 6.89. The molecule has 1 saturated heterocycles. The lowest BCUT2D eigenvalue weighted by Crippen LogP contribution is -2.47. The second kappa shape index (κ2) is 12.6. The van der Waals surface area contributed by atoms with Gasteiger partial charge in [-0.25, -0.2) is 0 Å². The minimum absolute atomic E-state index is 0.110. The van der Waals surface area contributed by atoms with Gasteiger partial charge >= 0.3 is 0 Å². The van der Waals surface area contributed by atoms with Crippen molar-refractivity contribution in [2.45, 2.75) is 90.1 Å². The summed E-state index contributed by atoms with van der Waals surface area (Å²) in [4.78, 5) is 0. The summed E-state index contributed by atoms with van der Waals surface area (Å²) in [5.41, 5.74) is 2.27. The van der Waals surface area contributed by atoms with Crippen LogP contribution in [0.15, 0.2) is 72.8 Å². The third-order valence-corrected chi connectivity index (χ3v) is 11.4. The lowest BCUT2D eigenvalue weighted by molar-refractivity contribution is -0.162. The van der Waals surface area contributed by atoms with Crippen molar-refractivity contribution in [2.75, 3.05) is 13.2 Å². The van der Waals surface area contributed by atoms with Crippen LogP contribution in [0.2, 0.25) is 18.1 Å². The second-order valence-electron chi connectivity index (χ2n) is 11.4. The highest BCUT2D eigenvalue weighted by molar-refractivity contribution is 6.74. The van der Waals surface area contributed by atoms with Crippen LogP contribution in [-0.2, 0) is 36.6 Å². The summed E-state index contributed by atoms with van der Waals surface area (Å²) in [6.07, 6.45) is 3.22. The summed E-state index contributed by atoms with van der Waals surface area (Å²) < 4.78 is 31.5. The van der Waals surface area contributed by atoms with Gasteiger partial charge in [-0.3, -0.25) is 0 Å². The van der Waals surface area contributed by atoms with Gasteiger partial charge in [-0.1, -0.05) is 93.6 Å². The first-order valence-electron chi connectivity index (χ1n) is 12.9. The lowest BCUT2D eigenvalue weighted by Gasteiger charge is -2.38. The van der Waals surface area contributed by atoms with Crippen molar-refractivity contribution in [3.05, 3.63) is 83.9 Å². The molecule has 0 aliphatic carbocycles. The van der Waals surface area contributed by atoms with E-state index in [1.54, 1.807) is 0 Å². The first kappa shape index (κ1) is 28.8. The summed E-state index contributed by atoms with van der Waals surface area (Å²) in [5, 5.41) is 0.110. The Morgan fingerprint density at radius 1 is 0.917 bits per heavy atom. The van der Waals surface area contributed by atoms with E-state index in [4.69, 9.17) is 23.4 Å². The average Bonchev–Trinajstić information content (AvgIpc) is 3.13. The molecule has 2 aromatic rings. The summed E-state index contributed by atoms with van der Waals surface area (Å²) in [6, 6.07) is 20.4. The van der Waals surface area contributed by atoms with Crippen LogP contribution in [0.4, 0.5) is 0 Å². The van der Waals surface area contributed by atoms with Crippen molar-refractivity contribution in [3.63, 3.8) is 0 Å². The summed E-state index contributed by atoms with van der Waals surface area (Å²) in [7, 11) is -1.97. The topological polar surface area (TPSA) is 46.2 Å². The number of hydrogen-bond acceptors (Lipinski definition) is 5. The molecule has 0 N–H and O–H groups in total. The molecule has 3 rings (SSSR count). The zero-order valence-electron chi connectivity index (χ0n) is 23.0. The quantitative estimate of drug-likeness (QED) is 0.176. The monoisotopic (exact) mass is 512 g/mol. The molecule has 2 aromatic carbocycles. The largest absolute Gasteiger partial charge is 0.414 e. The van der Waals surface area contributed by atoms with Gasteiger partial charge in [0.2, 0.25) is 0 Å². The van der Waals surface area contributed by atoms with E-state index in [9.17, 15) is 0 Å². The van der Waals surface area contributed by atoms with Crippen LogP contribution in [0.5, 0.6) is 0 Å². The molecule has 36 heavy (non-hydrogen) atoms. The fraction of sp³-hybridized carbons (Fsp3) is 0.533. The molecule has 0 aromatic heterocycles. The highest BCUT2D eigenvalue weighted by Crippen LogP contribution is 2.38. The Labute approximate surface area is 218 Å². The first-order chi connectivity index (χ1) is 17.0. The third kappa shape index (κ3) is 8.65. The lowest BCUT2D eigenvalue weighted by atomic mass is 10.1. The second-order valence-corrected chi connectivity index (χ2v) is 16.2. The Bertz CT molecular complexity index is 937. The molecule has 0 saturated carbocycles. The van der Waals surface area contributed by atoms with Crippen molar-refractivity contribution < 1.29 is 23.4 Å². The summed E-state index contributed by atoms with van der Waals surface area (Å²) in [6.45, 7) is 17.2. The van der Waals surface area contributed by atoms with Crippen molar-refractivity contribution in [1.29, 1.82) is 0 Å². The maximum absolute atomic E-state index is 6.59. The normalized spacial score (nSPS) is 21.2. The minimum atomic E-state index is -1.97. The molecule has 0 amide bonds. The van der Waals surface area contributed by atoms with Crippen LogP contribution < -0.4 is 0 Å². The molecule has 1 aliphatic rings. The van der Waals surface area contributed by atoms with E-state index in [0.717, 1.165) is 11.1 Å². The molecule has 0 bridgehead atoms. The number of rotatable bonds is 12. The average molecular weight is 513 g/mol. The van der Waals surface area contributed by atoms with E-state index < -0.39 is 14.1 Å². The number of ether oxygens (including phenoxy) is 4. The third-order valence-electron chi connectivity index (χ3n) is 6.90. The molecule has 1 heterocycles. The maximum atomic E-state index is 6.59. The standard InChI is InChI=1S/C30H44O5Si/c1-29(2,3)36(6,7)33-23-27(32-22-25-17-12-9-13-18-25)28-26(34-30(4,5)35-28)19-14-20-31-21-24-15-10-8-11-16-24/h8-19,26-28H,20-23H2,1-7H3/b19-14-/t26-,27+,28-/m0/s1. The van der Waals surface area contributed by atoms with Crippen molar-refractivity contribution in [3.8, 4) is 0 Å². The van der Waals surface area contributed by atoms with Crippen LogP contribution in [0.1, 0.15) is 45.7 Å². The summed E-state index contributed by atoms with van der Waals surface area (Å²) >= 11 is 0. The first-order valence-corrected chi connectivity index (χ1v) is 15.8. The Kier molecular flexibility index (Phi) is 10.1. The SMILES string of the molecule is CC1(C)O[C@H]([C@@H](CO[Si](C)(C)C(C)(C)C)OCc2ccccc2)[C@H](/C=C\COCc2ccccc2)O1. The molecule has 0 spiro atoms. The fourth-order valence-corrected chi connectivity index (χ4v) is 4.80. The van der Waals surface area contributed by atoms with Gasteiger partial charge in [0.05, 0.1) is 26.4 Å². The molecule has 1 aliphatic heterocycles. The van der Waals surface area contributed by atoms with Gasteiger partial charge in [0.15, 0.2) is 14.1 Å². The molecule has 0 unspecified atom stereocenters. The van der Waals surface area contributed by atoms with Crippen LogP contribution in [0, 0.1) is 0 Å². The Balaban J connectivity index is 1.68. The molecule has 1 fully saturated rings. The van der Waals surface area contributed by atoms with Crippen molar-refractivity contribution in [1.82, 2.24) is 0 Å². The Morgan fingerprint density at radius 2 is 1.50 bits per heavy atom. The van der Waals surface area contributed by atoms with E-state index in [1.807, 2.05) is 62.4 Å². The molecule has 3 atom stereocenters. The van der Waals surface area contributed by atoms with Gasteiger partial charge in [0.25, 0.3) is 0 Å². The van der Waals surface area contributed by atoms with E-state index >= 15 is 0 Å². The van der Waals surface area contributed by atoms with Gasteiger partial charge in [-0.15, -0.1) is 0 Å². The van der Waals surface area contributed by atoms with Crippen molar-refractivity contribution >= 4 is 8.32 Å². The summed E-state index contributed by atoms with van der Waals surface area (Å²) in [5.74, 6) is -0.712. The molecule has 0 radical (unpaired) electrons. The smallest absolute Gasteiger partial charge is 0.192 e. The van der Waals surface area contributed by atoms with Gasteiger partial charge in [-0.2, -0.15) is 0 Å². The zero-order valence-corrected chi connectivity index (χ0v) is 24.0. The van der Waals surface area contributed by atoms with Crippen LogP contribution >= 0.6 is 0 Å². The van der Waals surface area contributed by atoms with Gasteiger partial charge in [-0.05, 0) is 43.1 Å². The van der Waals surface area contributed by atoms with Crippen LogP contribution in [0.25, 0.3) is 0 Å². The van der Waals surface area contributed by atoms with Gasteiger partial charge in [0.1, 0.15) is 18.3 Å². The minimum Gasteiger partial charge on any atom is -0.414 e. The molecular weight excluding hydrogens is 468 g/mol. The highest BCUT2D eigenvalue weighted by atomic mass is 28.4.